The minimum Gasteiger partial charge on any atom is -0.326 e. The van der Waals surface area contributed by atoms with Crippen LogP contribution in [-0.2, 0) is 13.1 Å². The van der Waals surface area contributed by atoms with Gasteiger partial charge in [0.25, 0.3) is 0 Å². The Hall–Kier alpha value is -0.930. The molecule has 0 unspecified atom stereocenters. The highest BCUT2D eigenvalue weighted by Gasteiger charge is 2.21. The molecule has 0 atom stereocenters. The molecule has 0 radical (unpaired) electrons. The highest BCUT2D eigenvalue weighted by atomic mass is 15.2. The van der Waals surface area contributed by atoms with Crippen molar-refractivity contribution >= 4 is 0 Å². The zero-order chi connectivity index (χ0) is 12.2. The molecule has 0 aliphatic heterocycles. The van der Waals surface area contributed by atoms with Gasteiger partial charge in [0, 0.05) is 24.8 Å². The van der Waals surface area contributed by atoms with Crippen LogP contribution in [0, 0.1) is 0 Å². The molecule has 0 bridgehead atoms. The van der Waals surface area contributed by atoms with Crippen molar-refractivity contribution in [2.75, 3.05) is 7.05 Å². The van der Waals surface area contributed by atoms with Crippen LogP contribution in [0.4, 0.5) is 0 Å². The second-order valence-corrected chi connectivity index (χ2v) is 4.88. The molecule has 2 N–H and O–H groups in total. The van der Waals surface area contributed by atoms with Crippen LogP contribution in [0.5, 0.6) is 0 Å². The van der Waals surface area contributed by atoms with Crippen molar-refractivity contribution < 1.29 is 0 Å². The highest BCUT2D eigenvalue weighted by Crippen LogP contribution is 2.18. The third-order valence-electron chi connectivity index (χ3n) is 3.42. The van der Waals surface area contributed by atoms with E-state index < -0.39 is 0 Å². The summed E-state index contributed by atoms with van der Waals surface area (Å²) in [7, 11) is 2.14. The van der Waals surface area contributed by atoms with E-state index in [4.69, 9.17) is 5.73 Å². The predicted molar refractivity (Wildman–Crippen MR) is 68.0 cm³/mol. The van der Waals surface area contributed by atoms with Crippen molar-refractivity contribution in [1.29, 1.82) is 0 Å². The predicted octanol–water partition coefficient (Wildman–Crippen LogP) is 2.16. The molecule has 0 aliphatic carbocycles. The van der Waals surface area contributed by atoms with E-state index in [1.165, 1.54) is 0 Å². The van der Waals surface area contributed by atoms with Crippen LogP contribution in [0.3, 0.4) is 0 Å². The van der Waals surface area contributed by atoms with Gasteiger partial charge in [-0.2, -0.15) is 0 Å². The number of nitrogens with zero attached hydrogens (tertiary/aromatic N) is 2. The Morgan fingerprint density at radius 3 is 2.50 bits per heavy atom. The summed E-state index contributed by atoms with van der Waals surface area (Å²) in [4.78, 5) is 6.75. The molecule has 0 saturated carbocycles. The molecule has 1 heterocycles. The topological polar surface area (TPSA) is 42.1 Å². The first kappa shape index (κ1) is 13.1. The van der Waals surface area contributed by atoms with Gasteiger partial charge in [-0.15, -0.1) is 0 Å². The fourth-order valence-electron chi connectivity index (χ4n) is 1.40. The van der Waals surface area contributed by atoms with Gasteiger partial charge >= 0.3 is 0 Å². The Morgan fingerprint density at radius 2 is 2.06 bits per heavy atom. The van der Waals surface area contributed by atoms with Gasteiger partial charge in [0.1, 0.15) is 0 Å². The van der Waals surface area contributed by atoms with Crippen molar-refractivity contribution in [3.05, 3.63) is 29.6 Å². The van der Waals surface area contributed by atoms with E-state index in [2.05, 4.69) is 49.8 Å². The summed E-state index contributed by atoms with van der Waals surface area (Å²) >= 11 is 0. The lowest BCUT2D eigenvalue weighted by Crippen LogP contribution is -2.39. The van der Waals surface area contributed by atoms with Gasteiger partial charge in [-0.1, -0.05) is 13.0 Å². The molecule has 0 saturated heterocycles. The number of nitrogens with two attached hydrogens (primary N) is 1. The lowest BCUT2D eigenvalue weighted by atomic mass is 10.00. The summed E-state index contributed by atoms with van der Waals surface area (Å²) in [5.41, 5.74) is 7.94. The van der Waals surface area contributed by atoms with Gasteiger partial charge in [-0.05, 0) is 38.9 Å². The molecule has 0 aromatic carbocycles. The summed E-state index contributed by atoms with van der Waals surface area (Å²) in [6.07, 6.45) is 2.99. The Morgan fingerprint density at radius 1 is 1.38 bits per heavy atom. The number of hydrogen-bond donors (Lipinski definition) is 1. The molecular weight excluding hydrogens is 198 g/mol. The third-order valence-corrected chi connectivity index (χ3v) is 3.42. The molecule has 0 spiro atoms. The number of aromatic nitrogens is 1. The number of rotatable bonds is 5. The van der Waals surface area contributed by atoms with E-state index in [0.29, 0.717) is 6.54 Å². The van der Waals surface area contributed by atoms with Crippen LogP contribution < -0.4 is 5.73 Å². The van der Waals surface area contributed by atoms with Crippen LogP contribution in [0.2, 0.25) is 0 Å². The minimum absolute atomic E-state index is 0.216. The van der Waals surface area contributed by atoms with Gasteiger partial charge in [-0.25, -0.2) is 0 Å². The van der Waals surface area contributed by atoms with Crippen molar-refractivity contribution in [3.63, 3.8) is 0 Å². The third kappa shape index (κ3) is 3.29. The van der Waals surface area contributed by atoms with Crippen LogP contribution in [-0.4, -0.2) is 22.5 Å². The van der Waals surface area contributed by atoms with Crippen molar-refractivity contribution in [1.82, 2.24) is 9.88 Å². The van der Waals surface area contributed by atoms with Crippen molar-refractivity contribution in [2.24, 2.45) is 5.73 Å². The number of hydrogen-bond acceptors (Lipinski definition) is 3. The molecule has 1 rings (SSSR count). The molecule has 3 heteroatoms. The highest BCUT2D eigenvalue weighted by molar-refractivity contribution is 5.13. The molecule has 3 nitrogen and oxygen atoms in total. The Balaban J connectivity index is 2.66. The van der Waals surface area contributed by atoms with Crippen LogP contribution >= 0.6 is 0 Å². The van der Waals surface area contributed by atoms with Crippen LogP contribution in [0.1, 0.15) is 38.4 Å². The van der Waals surface area contributed by atoms with Crippen LogP contribution in [0.25, 0.3) is 0 Å². The molecule has 90 valence electrons. The summed E-state index contributed by atoms with van der Waals surface area (Å²) < 4.78 is 0. The first-order valence-electron chi connectivity index (χ1n) is 5.84. The van der Waals surface area contributed by atoms with Crippen molar-refractivity contribution in [2.45, 2.75) is 45.8 Å². The van der Waals surface area contributed by atoms with Gasteiger partial charge in [0.2, 0.25) is 0 Å². The molecule has 0 amide bonds. The van der Waals surface area contributed by atoms with E-state index in [1.807, 2.05) is 6.20 Å². The average molecular weight is 221 g/mol. The zero-order valence-electron chi connectivity index (χ0n) is 10.8. The summed E-state index contributed by atoms with van der Waals surface area (Å²) in [6, 6.07) is 4.11. The second-order valence-electron chi connectivity index (χ2n) is 4.88. The maximum atomic E-state index is 5.54. The maximum absolute atomic E-state index is 5.54. The molecular formula is C13H23N3. The molecule has 16 heavy (non-hydrogen) atoms. The second kappa shape index (κ2) is 5.41. The largest absolute Gasteiger partial charge is 0.326 e. The zero-order valence-corrected chi connectivity index (χ0v) is 10.8. The van der Waals surface area contributed by atoms with Gasteiger partial charge in [0.15, 0.2) is 0 Å². The first-order valence-corrected chi connectivity index (χ1v) is 5.84. The Bertz CT molecular complexity index is 316. The SMILES string of the molecule is CCC(C)(C)N(C)Cc1ccc(CN)cn1. The molecule has 0 fully saturated rings. The van der Waals surface area contributed by atoms with Crippen molar-refractivity contribution in [3.8, 4) is 0 Å². The summed E-state index contributed by atoms with van der Waals surface area (Å²) in [5.74, 6) is 0. The summed E-state index contributed by atoms with van der Waals surface area (Å²) in [5, 5.41) is 0. The lowest BCUT2D eigenvalue weighted by Gasteiger charge is -2.34. The summed E-state index contributed by atoms with van der Waals surface area (Å²) in [6.45, 7) is 8.15. The van der Waals surface area contributed by atoms with E-state index in [0.717, 1.165) is 24.2 Å². The van der Waals surface area contributed by atoms with E-state index in [-0.39, 0.29) is 5.54 Å². The van der Waals surface area contributed by atoms with E-state index >= 15 is 0 Å². The average Bonchev–Trinajstić information content (AvgIpc) is 2.30. The van der Waals surface area contributed by atoms with E-state index in [1.54, 1.807) is 0 Å². The monoisotopic (exact) mass is 221 g/mol. The first-order chi connectivity index (χ1) is 7.49. The fourth-order valence-corrected chi connectivity index (χ4v) is 1.40. The number of pyridine rings is 1. The lowest BCUT2D eigenvalue weighted by molar-refractivity contribution is 0.141. The molecule has 1 aromatic heterocycles. The normalized spacial score (nSPS) is 12.1. The fraction of sp³-hybridized carbons (Fsp3) is 0.615. The minimum atomic E-state index is 0.216. The standard InChI is InChI=1S/C13H23N3/c1-5-13(2,3)16(4)10-12-7-6-11(8-14)9-15-12/h6-7,9H,5,8,10,14H2,1-4H3. The van der Waals surface area contributed by atoms with Gasteiger partial charge in [0.05, 0.1) is 5.69 Å². The molecule has 1 aromatic rings. The Labute approximate surface area is 98.7 Å². The quantitative estimate of drug-likeness (QED) is 0.828. The van der Waals surface area contributed by atoms with Crippen LogP contribution in [0.15, 0.2) is 18.3 Å². The molecule has 0 aliphatic rings. The smallest absolute Gasteiger partial charge is 0.0544 e. The Kier molecular flexibility index (Phi) is 4.44. The maximum Gasteiger partial charge on any atom is 0.0544 e. The van der Waals surface area contributed by atoms with E-state index in [9.17, 15) is 0 Å². The van der Waals surface area contributed by atoms with Gasteiger partial charge < -0.3 is 5.73 Å². The van der Waals surface area contributed by atoms with Gasteiger partial charge in [-0.3, -0.25) is 9.88 Å².